The highest BCUT2D eigenvalue weighted by Crippen LogP contribution is 2.38. The van der Waals surface area contributed by atoms with Crippen LogP contribution in [0.15, 0.2) is 84.6 Å². The molecule has 0 spiro atoms. The van der Waals surface area contributed by atoms with Crippen LogP contribution in [0.25, 0.3) is 22.9 Å². The van der Waals surface area contributed by atoms with Crippen molar-refractivity contribution in [3.05, 3.63) is 98.7 Å². The average molecular weight is 805 g/mol. The number of hydrogen-bond acceptors (Lipinski definition) is 8. The maximum absolute atomic E-state index is 13.4. The van der Waals surface area contributed by atoms with Crippen LogP contribution >= 0.6 is 31.9 Å². The van der Waals surface area contributed by atoms with Gasteiger partial charge < -0.3 is 24.2 Å². The highest BCUT2D eigenvalue weighted by atomic mass is 79.9. The fraction of sp³-hybridized carbons (Fsp3) is 0.167. The monoisotopic (exact) mass is 803 g/mol. The molecule has 5 rings (SSSR count). The summed E-state index contributed by atoms with van der Waals surface area (Å²) in [6, 6.07) is 15.9. The number of anilines is 2. The van der Waals surface area contributed by atoms with E-state index < -0.39 is 53.0 Å². The number of halogens is 8. The number of carbonyl (C=O) groups excluding carboxylic acids is 1. The fourth-order valence-corrected chi connectivity index (χ4v) is 4.77. The van der Waals surface area contributed by atoms with Crippen molar-refractivity contribution in [2.75, 3.05) is 23.8 Å². The molecule has 48 heavy (non-hydrogen) atoms. The Morgan fingerprint density at radius 1 is 0.812 bits per heavy atom. The molecular weight excluding hydrogens is 784 g/mol. The predicted molar refractivity (Wildman–Crippen MR) is 167 cm³/mol. The number of amides is 1. The van der Waals surface area contributed by atoms with Gasteiger partial charge in [-0.25, -0.2) is 19.7 Å². The second kappa shape index (κ2) is 14.6. The number of nitrogens with zero attached hydrogens (tertiary/aromatic N) is 4. The number of carboxylic acid groups (broad SMARTS) is 1. The summed E-state index contributed by atoms with van der Waals surface area (Å²) in [7, 11) is 1.84. The molecule has 0 bridgehead atoms. The number of aromatic nitrogens is 3. The van der Waals surface area contributed by atoms with E-state index in [1.54, 1.807) is 48.5 Å². The van der Waals surface area contributed by atoms with Crippen molar-refractivity contribution in [2.24, 2.45) is 0 Å². The molecule has 5 aromatic rings. The molecule has 0 aliphatic heterocycles. The van der Waals surface area contributed by atoms with Gasteiger partial charge >= 0.3 is 18.3 Å². The van der Waals surface area contributed by atoms with Gasteiger partial charge in [-0.05, 0) is 75.2 Å². The lowest BCUT2D eigenvalue weighted by Gasteiger charge is -2.15. The number of carboxylic acids is 1. The number of nitrogens with one attached hydrogen (secondary N) is 1. The van der Waals surface area contributed by atoms with E-state index in [9.17, 15) is 35.9 Å². The van der Waals surface area contributed by atoms with E-state index in [-0.39, 0.29) is 17.1 Å². The number of aromatic carboxylic acids is 1. The van der Waals surface area contributed by atoms with Crippen LogP contribution in [0.2, 0.25) is 0 Å². The van der Waals surface area contributed by atoms with Gasteiger partial charge in [-0.3, -0.25) is 4.79 Å². The minimum Gasteiger partial charge on any atom is -0.476 e. The normalized spacial score (nSPS) is 11.5. The summed E-state index contributed by atoms with van der Waals surface area (Å²) in [6.45, 7) is 2.67. The Morgan fingerprint density at radius 2 is 1.29 bits per heavy atom. The van der Waals surface area contributed by atoms with E-state index in [4.69, 9.17) is 9.52 Å². The third-order valence-electron chi connectivity index (χ3n) is 6.27. The molecule has 2 aromatic carbocycles. The quantitative estimate of drug-likeness (QED) is 0.155. The van der Waals surface area contributed by atoms with Crippen LogP contribution in [0.3, 0.4) is 0 Å². The van der Waals surface area contributed by atoms with Crippen LogP contribution in [-0.4, -0.2) is 45.5 Å². The van der Waals surface area contributed by atoms with Crippen LogP contribution in [0.5, 0.6) is 0 Å². The van der Waals surface area contributed by atoms with Gasteiger partial charge in [0.1, 0.15) is 5.82 Å². The molecule has 0 radical (unpaired) electrons. The van der Waals surface area contributed by atoms with Crippen molar-refractivity contribution in [3.8, 4) is 22.9 Å². The molecule has 0 saturated heterocycles. The van der Waals surface area contributed by atoms with Gasteiger partial charge in [0.25, 0.3) is 5.91 Å². The topological polar surface area (TPSA) is 135 Å². The first-order chi connectivity index (χ1) is 22.5. The molecule has 252 valence electrons. The number of rotatable bonds is 7. The second-order valence-corrected chi connectivity index (χ2v) is 11.2. The summed E-state index contributed by atoms with van der Waals surface area (Å²) < 4.78 is 88.5. The minimum atomic E-state index is -4.92. The fourth-order valence-electron chi connectivity index (χ4n) is 3.86. The first kappa shape index (κ1) is 36.1. The van der Waals surface area contributed by atoms with Crippen molar-refractivity contribution < 1.29 is 49.9 Å². The Bertz CT molecular complexity index is 1930. The van der Waals surface area contributed by atoms with E-state index >= 15 is 0 Å². The van der Waals surface area contributed by atoms with Gasteiger partial charge in [0.15, 0.2) is 11.4 Å². The highest BCUT2D eigenvalue weighted by Gasteiger charge is 2.43. The lowest BCUT2D eigenvalue weighted by Crippen LogP contribution is -2.19. The molecule has 0 saturated carbocycles. The molecule has 1 amide bonds. The molecule has 0 atom stereocenters. The molecule has 0 aliphatic rings. The van der Waals surface area contributed by atoms with E-state index in [1.165, 1.54) is 18.3 Å². The third-order valence-corrected chi connectivity index (χ3v) is 7.65. The molecular formula is C30H21Br2F6N5O5. The maximum atomic E-state index is 13.4. The SMILES string of the molecule is CCN(C)c1ccc(NC(=O)c2nc(-c3ccccc3Br)oc2C(F)(F)F)cn1.O=C(O)c1nc(-c2ccccc2Br)oc1C(F)(F)F. The van der Waals surface area contributed by atoms with E-state index in [2.05, 4.69) is 56.5 Å². The van der Waals surface area contributed by atoms with Gasteiger partial charge in [0.2, 0.25) is 23.3 Å². The predicted octanol–water partition coefficient (Wildman–Crippen LogP) is 9.05. The van der Waals surface area contributed by atoms with Crippen molar-refractivity contribution in [3.63, 3.8) is 0 Å². The highest BCUT2D eigenvalue weighted by molar-refractivity contribution is 9.11. The molecule has 0 unspecified atom stereocenters. The maximum Gasteiger partial charge on any atom is 0.452 e. The zero-order chi connectivity index (χ0) is 35.4. The van der Waals surface area contributed by atoms with Crippen molar-refractivity contribution in [2.45, 2.75) is 19.3 Å². The number of benzene rings is 2. The molecule has 0 aliphatic carbocycles. The molecule has 3 heterocycles. The summed E-state index contributed by atoms with van der Waals surface area (Å²) in [5, 5.41) is 11.1. The van der Waals surface area contributed by atoms with Crippen molar-refractivity contribution in [1.82, 2.24) is 15.0 Å². The average Bonchev–Trinajstić information content (AvgIpc) is 3.69. The Labute approximate surface area is 284 Å². The van der Waals surface area contributed by atoms with E-state index in [0.29, 0.717) is 20.3 Å². The minimum absolute atomic E-state index is 0.237. The number of alkyl halides is 6. The molecule has 18 heteroatoms. The lowest BCUT2D eigenvalue weighted by molar-refractivity contribution is -0.153. The summed E-state index contributed by atoms with van der Waals surface area (Å²) in [5.74, 6) is -5.97. The van der Waals surface area contributed by atoms with Gasteiger partial charge in [0.05, 0.1) is 23.0 Å². The largest absolute Gasteiger partial charge is 0.476 e. The number of pyridine rings is 1. The van der Waals surface area contributed by atoms with Crippen molar-refractivity contribution >= 4 is 55.2 Å². The van der Waals surface area contributed by atoms with E-state index in [1.807, 2.05) is 18.9 Å². The number of hydrogen-bond donors (Lipinski definition) is 2. The van der Waals surface area contributed by atoms with Crippen LogP contribution in [0.4, 0.5) is 37.8 Å². The summed E-state index contributed by atoms with van der Waals surface area (Å²) >= 11 is 6.36. The second-order valence-electron chi connectivity index (χ2n) is 9.53. The van der Waals surface area contributed by atoms with Crippen LogP contribution < -0.4 is 10.2 Å². The lowest BCUT2D eigenvalue weighted by atomic mass is 10.2. The van der Waals surface area contributed by atoms with Gasteiger partial charge in [-0.2, -0.15) is 26.3 Å². The number of carbonyl (C=O) groups is 2. The summed E-state index contributed by atoms with van der Waals surface area (Å²) in [4.78, 5) is 36.5. The van der Waals surface area contributed by atoms with Crippen LogP contribution in [-0.2, 0) is 12.4 Å². The van der Waals surface area contributed by atoms with Gasteiger partial charge in [-0.1, -0.05) is 24.3 Å². The molecule has 2 N–H and O–H groups in total. The van der Waals surface area contributed by atoms with E-state index in [0.717, 1.165) is 6.54 Å². The zero-order valence-corrected chi connectivity index (χ0v) is 27.6. The molecule has 0 fully saturated rings. The number of oxazole rings is 2. The first-order valence-electron chi connectivity index (χ1n) is 13.4. The van der Waals surface area contributed by atoms with Crippen molar-refractivity contribution in [1.29, 1.82) is 0 Å². The Balaban J connectivity index is 0.000000237. The Hall–Kier alpha value is -4.71. The molecule has 10 nitrogen and oxygen atoms in total. The van der Waals surface area contributed by atoms with Gasteiger partial charge in [0, 0.05) is 22.5 Å². The Morgan fingerprint density at radius 3 is 1.69 bits per heavy atom. The van der Waals surface area contributed by atoms with Crippen LogP contribution in [0.1, 0.15) is 39.4 Å². The van der Waals surface area contributed by atoms with Gasteiger partial charge in [-0.15, -0.1) is 0 Å². The summed E-state index contributed by atoms with van der Waals surface area (Å²) in [6.07, 6.45) is -8.44. The first-order valence-corrected chi connectivity index (χ1v) is 15.0. The smallest absolute Gasteiger partial charge is 0.452 e. The standard InChI is InChI=1S/C19H16BrF3N4O2.C11H5BrF3NO3/c1-3-27(2)14-9-8-11(10-24-14)25-17(28)15-16(19(21,22)23)29-18(26-15)12-6-4-5-7-13(12)20;12-6-4-2-1-3-5(6)9-16-7(10(17)18)8(19-9)11(13,14)15/h4-10H,3H2,1-2H3,(H,25,28);1-4H,(H,17,18). The third kappa shape index (κ3) is 8.41. The molecule has 3 aromatic heterocycles. The Kier molecular flexibility index (Phi) is 11.0. The van der Waals surface area contributed by atoms with Crippen LogP contribution in [0, 0.1) is 0 Å². The summed E-state index contributed by atoms with van der Waals surface area (Å²) in [5.41, 5.74) is -1.23. The zero-order valence-electron chi connectivity index (χ0n) is 24.5.